The molecule has 0 saturated heterocycles. The summed E-state index contributed by atoms with van der Waals surface area (Å²) in [6.07, 6.45) is 3.10. The maximum absolute atomic E-state index is 11.4. The molecule has 0 unspecified atom stereocenters. The predicted molar refractivity (Wildman–Crippen MR) is 65.5 cm³/mol. The van der Waals surface area contributed by atoms with Gasteiger partial charge in [0.25, 0.3) is 0 Å². The number of ether oxygens (including phenoxy) is 1. The third-order valence-corrected chi connectivity index (χ3v) is 2.53. The van der Waals surface area contributed by atoms with Crippen molar-refractivity contribution in [1.29, 1.82) is 0 Å². The monoisotopic (exact) mass is 295 g/mol. The van der Waals surface area contributed by atoms with Crippen LogP contribution in [0.1, 0.15) is 17.4 Å². The van der Waals surface area contributed by atoms with Gasteiger partial charge in [-0.1, -0.05) is 15.9 Å². The lowest BCUT2D eigenvalue weighted by atomic mass is 10.3. The van der Waals surface area contributed by atoms with E-state index in [9.17, 15) is 4.79 Å². The molecule has 0 atom stereocenters. The van der Waals surface area contributed by atoms with Crippen molar-refractivity contribution in [2.75, 3.05) is 6.61 Å². The molecule has 2 rings (SSSR count). The van der Waals surface area contributed by atoms with Crippen molar-refractivity contribution < 1.29 is 9.53 Å². The van der Waals surface area contributed by atoms with E-state index in [0.29, 0.717) is 23.8 Å². The van der Waals surface area contributed by atoms with E-state index in [1.54, 1.807) is 13.1 Å². The summed E-state index contributed by atoms with van der Waals surface area (Å²) in [7, 11) is 0. The lowest BCUT2D eigenvalue weighted by Crippen LogP contribution is -2.04. The Morgan fingerprint density at radius 3 is 3.06 bits per heavy atom. The zero-order valence-corrected chi connectivity index (χ0v) is 10.7. The molecule has 2 aromatic heterocycles. The van der Waals surface area contributed by atoms with E-state index in [-0.39, 0.29) is 0 Å². The van der Waals surface area contributed by atoms with Crippen molar-refractivity contribution in [3.05, 3.63) is 34.7 Å². The first-order chi connectivity index (χ1) is 8.20. The number of esters is 1. The molecule has 0 aliphatic carbocycles. The van der Waals surface area contributed by atoms with E-state index >= 15 is 0 Å². The van der Waals surface area contributed by atoms with Gasteiger partial charge in [-0.15, -0.1) is 0 Å². The number of H-pyrrole nitrogens is 1. The molecule has 6 heteroatoms. The Bertz CT molecular complexity index is 539. The number of carbonyl (C=O) groups excluding carboxylic acids is 1. The minimum Gasteiger partial charge on any atom is -0.461 e. The molecule has 0 spiro atoms. The summed E-state index contributed by atoms with van der Waals surface area (Å²) in [5.74, 6) is 0.121. The molecule has 88 valence electrons. The Hall–Kier alpha value is -1.69. The first-order valence-corrected chi connectivity index (χ1v) is 5.84. The van der Waals surface area contributed by atoms with Crippen LogP contribution in [0.25, 0.3) is 11.5 Å². The smallest absolute Gasteiger partial charge is 0.356 e. The number of halogens is 1. The molecular weight excluding hydrogens is 286 g/mol. The third kappa shape index (κ3) is 2.71. The van der Waals surface area contributed by atoms with Gasteiger partial charge in [-0.05, 0) is 19.1 Å². The van der Waals surface area contributed by atoms with Crippen molar-refractivity contribution in [1.82, 2.24) is 15.0 Å². The molecule has 5 nitrogen and oxygen atoms in total. The topological polar surface area (TPSA) is 67.9 Å². The van der Waals surface area contributed by atoms with E-state index in [1.807, 2.05) is 12.1 Å². The fourth-order valence-electron chi connectivity index (χ4n) is 1.30. The largest absolute Gasteiger partial charge is 0.461 e. The number of hydrogen-bond donors (Lipinski definition) is 1. The summed E-state index contributed by atoms with van der Waals surface area (Å²) in [5.41, 5.74) is 0.985. The van der Waals surface area contributed by atoms with Gasteiger partial charge in [0.2, 0.25) is 0 Å². The summed E-state index contributed by atoms with van der Waals surface area (Å²) < 4.78 is 5.76. The van der Waals surface area contributed by atoms with Crippen LogP contribution >= 0.6 is 15.9 Å². The number of imidazole rings is 1. The van der Waals surface area contributed by atoms with E-state index in [1.165, 1.54) is 6.20 Å². The van der Waals surface area contributed by atoms with Gasteiger partial charge in [-0.25, -0.2) is 9.78 Å². The number of aromatic amines is 1. The summed E-state index contributed by atoms with van der Waals surface area (Å²) in [5, 5.41) is 0. The highest BCUT2D eigenvalue weighted by Crippen LogP contribution is 2.17. The zero-order valence-electron chi connectivity index (χ0n) is 9.11. The molecule has 0 aliphatic heterocycles. The van der Waals surface area contributed by atoms with Crippen molar-refractivity contribution >= 4 is 21.9 Å². The van der Waals surface area contributed by atoms with Crippen LogP contribution in [0, 0.1) is 0 Å². The Morgan fingerprint density at radius 1 is 1.53 bits per heavy atom. The molecule has 0 saturated carbocycles. The average molecular weight is 296 g/mol. The number of pyridine rings is 1. The SMILES string of the molecule is CCOC(=O)c1cnc(-c2cc(Br)ccn2)[nH]1. The van der Waals surface area contributed by atoms with Crippen molar-refractivity contribution in [2.45, 2.75) is 6.92 Å². The van der Waals surface area contributed by atoms with Crippen LogP contribution < -0.4 is 0 Å². The lowest BCUT2D eigenvalue weighted by Gasteiger charge is -1.98. The van der Waals surface area contributed by atoms with Crippen molar-refractivity contribution in [3.8, 4) is 11.5 Å². The van der Waals surface area contributed by atoms with Gasteiger partial charge in [0.15, 0.2) is 5.82 Å². The van der Waals surface area contributed by atoms with Crippen molar-refractivity contribution in [3.63, 3.8) is 0 Å². The molecule has 17 heavy (non-hydrogen) atoms. The fraction of sp³-hybridized carbons (Fsp3) is 0.182. The Balaban J connectivity index is 2.27. The van der Waals surface area contributed by atoms with E-state index in [2.05, 4.69) is 30.9 Å². The van der Waals surface area contributed by atoms with Crippen LogP contribution in [0.15, 0.2) is 29.0 Å². The maximum Gasteiger partial charge on any atom is 0.356 e. The summed E-state index contributed by atoms with van der Waals surface area (Å²) in [6, 6.07) is 3.63. The number of aromatic nitrogens is 3. The van der Waals surface area contributed by atoms with Gasteiger partial charge in [-0.2, -0.15) is 0 Å². The van der Waals surface area contributed by atoms with Crippen LogP contribution in [-0.4, -0.2) is 27.5 Å². The molecular formula is C11H10BrN3O2. The quantitative estimate of drug-likeness (QED) is 0.883. The highest BCUT2D eigenvalue weighted by molar-refractivity contribution is 9.10. The number of hydrogen-bond acceptors (Lipinski definition) is 4. The van der Waals surface area contributed by atoms with E-state index < -0.39 is 5.97 Å². The van der Waals surface area contributed by atoms with Crippen LogP contribution in [0.5, 0.6) is 0 Å². The van der Waals surface area contributed by atoms with Gasteiger partial charge in [0, 0.05) is 10.7 Å². The Kier molecular flexibility index (Phi) is 3.53. The van der Waals surface area contributed by atoms with Gasteiger partial charge >= 0.3 is 5.97 Å². The second kappa shape index (κ2) is 5.09. The molecule has 0 bridgehead atoms. The number of carbonyl (C=O) groups is 1. The molecule has 0 fully saturated rings. The molecule has 2 heterocycles. The number of nitrogens with zero attached hydrogens (tertiary/aromatic N) is 2. The second-order valence-corrected chi connectivity index (χ2v) is 4.14. The highest BCUT2D eigenvalue weighted by Gasteiger charge is 2.11. The normalized spacial score (nSPS) is 10.2. The summed E-state index contributed by atoms with van der Waals surface area (Å²) in [4.78, 5) is 22.5. The minimum absolute atomic E-state index is 0.323. The number of rotatable bonds is 3. The van der Waals surface area contributed by atoms with Gasteiger partial charge in [0.1, 0.15) is 11.4 Å². The Labute approximate surface area is 106 Å². The molecule has 0 radical (unpaired) electrons. The molecule has 0 aromatic carbocycles. The molecule has 2 aromatic rings. The van der Waals surface area contributed by atoms with Crippen molar-refractivity contribution in [2.24, 2.45) is 0 Å². The zero-order chi connectivity index (χ0) is 12.3. The molecule has 0 amide bonds. The number of nitrogens with one attached hydrogen (secondary N) is 1. The first kappa shape index (κ1) is 11.8. The first-order valence-electron chi connectivity index (χ1n) is 5.04. The van der Waals surface area contributed by atoms with E-state index in [0.717, 1.165) is 4.47 Å². The average Bonchev–Trinajstić information content (AvgIpc) is 2.78. The molecule has 0 aliphatic rings. The predicted octanol–water partition coefficient (Wildman–Crippen LogP) is 2.41. The summed E-state index contributed by atoms with van der Waals surface area (Å²) in [6.45, 7) is 2.09. The van der Waals surface area contributed by atoms with Gasteiger partial charge < -0.3 is 9.72 Å². The van der Waals surface area contributed by atoms with Gasteiger partial charge in [0.05, 0.1) is 12.8 Å². The highest BCUT2D eigenvalue weighted by atomic mass is 79.9. The Morgan fingerprint density at radius 2 is 2.35 bits per heavy atom. The van der Waals surface area contributed by atoms with Gasteiger partial charge in [-0.3, -0.25) is 4.98 Å². The van der Waals surface area contributed by atoms with Crippen LogP contribution in [0.3, 0.4) is 0 Å². The standard InChI is InChI=1S/C11H10BrN3O2/c1-2-17-11(16)9-6-14-10(15-9)8-5-7(12)3-4-13-8/h3-6H,2H2,1H3,(H,14,15). The second-order valence-electron chi connectivity index (χ2n) is 3.23. The maximum atomic E-state index is 11.4. The van der Waals surface area contributed by atoms with Crippen LogP contribution in [0.2, 0.25) is 0 Å². The summed E-state index contributed by atoms with van der Waals surface area (Å²) >= 11 is 3.35. The fourth-order valence-corrected chi connectivity index (χ4v) is 1.63. The van der Waals surface area contributed by atoms with Crippen LogP contribution in [-0.2, 0) is 4.74 Å². The third-order valence-electron chi connectivity index (χ3n) is 2.04. The van der Waals surface area contributed by atoms with E-state index in [4.69, 9.17) is 4.74 Å². The lowest BCUT2D eigenvalue weighted by molar-refractivity contribution is 0.0520. The molecule has 1 N–H and O–H groups in total. The van der Waals surface area contributed by atoms with Crippen LogP contribution in [0.4, 0.5) is 0 Å². The minimum atomic E-state index is -0.416.